The fraction of sp³-hybridized carbons (Fsp3) is 0.429. The molecular weight excluding hydrogens is 314 g/mol. The second-order valence-corrected chi connectivity index (χ2v) is 7.37. The molecule has 1 atom stereocenters. The highest BCUT2D eigenvalue weighted by molar-refractivity contribution is 6.03. The van der Waals surface area contributed by atoms with E-state index in [0.29, 0.717) is 19.4 Å². The highest BCUT2D eigenvalue weighted by Crippen LogP contribution is 2.35. The third-order valence-electron chi connectivity index (χ3n) is 4.27. The molecule has 0 saturated carbocycles. The number of ketones is 1. The third-order valence-corrected chi connectivity index (χ3v) is 4.27. The van der Waals surface area contributed by atoms with Gasteiger partial charge in [-0.2, -0.15) is 0 Å². The highest BCUT2D eigenvalue weighted by Gasteiger charge is 2.48. The second kappa shape index (κ2) is 7.68. The Balaban J connectivity index is 2.26. The molecule has 0 N–H and O–H groups in total. The van der Waals surface area contributed by atoms with Crippen LogP contribution in [0.4, 0.5) is 4.79 Å². The first kappa shape index (κ1) is 19.0. The van der Waals surface area contributed by atoms with Gasteiger partial charge in [-0.05, 0) is 51.7 Å². The first-order chi connectivity index (χ1) is 11.8. The largest absolute Gasteiger partial charge is 0.444 e. The van der Waals surface area contributed by atoms with Gasteiger partial charge in [0.2, 0.25) is 0 Å². The summed E-state index contributed by atoms with van der Waals surface area (Å²) in [5.41, 5.74) is -0.538. The summed E-state index contributed by atoms with van der Waals surface area (Å²) in [6.45, 7) is 9.78. The molecule has 1 aromatic rings. The molecule has 1 heterocycles. The van der Waals surface area contributed by atoms with Gasteiger partial charge in [-0.1, -0.05) is 42.5 Å². The van der Waals surface area contributed by atoms with E-state index in [1.54, 1.807) is 23.1 Å². The maximum Gasteiger partial charge on any atom is 0.411 e. The molecule has 0 radical (unpaired) electrons. The lowest BCUT2D eigenvalue weighted by Crippen LogP contribution is -2.53. The van der Waals surface area contributed by atoms with Crippen LogP contribution in [0, 0.1) is 0 Å². The van der Waals surface area contributed by atoms with Crippen molar-refractivity contribution in [1.29, 1.82) is 0 Å². The van der Waals surface area contributed by atoms with E-state index in [0.717, 1.165) is 12.0 Å². The van der Waals surface area contributed by atoms with Crippen molar-refractivity contribution in [3.05, 3.63) is 54.6 Å². The number of carbonyl (C=O) groups is 2. The lowest BCUT2D eigenvalue weighted by Gasteiger charge is -2.36. The van der Waals surface area contributed by atoms with Crippen molar-refractivity contribution in [1.82, 2.24) is 4.90 Å². The molecule has 1 aliphatic rings. The van der Waals surface area contributed by atoms with Crippen LogP contribution >= 0.6 is 0 Å². The Hall–Kier alpha value is -2.36. The molecule has 25 heavy (non-hydrogen) atoms. The molecule has 0 aromatic heterocycles. The summed E-state index contributed by atoms with van der Waals surface area (Å²) in [5, 5.41) is 0. The minimum atomic E-state index is -0.893. The lowest BCUT2D eigenvalue weighted by molar-refractivity contribution is -0.124. The van der Waals surface area contributed by atoms with Gasteiger partial charge in [0.1, 0.15) is 11.1 Å². The topological polar surface area (TPSA) is 46.6 Å². The molecule has 1 aromatic carbocycles. The SMILES string of the molecule is C=CC[C@]1(C(=O)/C=C/c2ccccc2)CCCN1C(=O)OC(C)(C)C. The summed E-state index contributed by atoms with van der Waals surface area (Å²) in [4.78, 5) is 27.2. The lowest BCUT2D eigenvalue weighted by atomic mass is 9.86. The molecule has 4 heteroatoms. The predicted molar refractivity (Wildman–Crippen MR) is 100 cm³/mol. The van der Waals surface area contributed by atoms with Crippen LogP contribution in [-0.2, 0) is 9.53 Å². The molecule has 2 rings (SSSR count). The van der Waals surface area contributed by atoms with Crippen molar-refractivity contribution < 1.29 is 14.3 Å². The maximum atomic E-state index is 13.0. The molecule has 0 bridgehead atoms. The Morgan fingerprint density at radius 1 is 1.28 bits per heavy atom. The van der Waals surface area contributed by atoms with E-state index in [2.05, 4.69) is 6.58 Å². The van der Waals surface area contributed by atoms with Gasteiger partial charge < -0.3 is 4.74 Å². The van der Waals surface area contributed by atoms with Crippen molar-refractivity contribution in [2.75, 3.05) is 6.54 Å². The van der Waals surface area contributed by atoms with Crippen molar-refractivity contribution in [3.8, 4) is 0 Å². The van der Waals surface area contributed by atoms with Crippen LogP contribution < -0.4 is 0 Å². The van der Waals surface area contributed by atoms with Crippen LogP contribution in [0.3, 0.4) is 0 Å². The van der Waals surface area contributed by atoms with E-state index in [4.69, 9.17) is 4.74 Å². The summed E-state index contributed by atoms with van der Waals surface area (Å²) in [6.07, 6.45) is 6.45. The Labute approximate surface area is 150 Å². The quantitative estimate of drug-likeness (QED) is 0.580. The van der Waals surface area contributed by atoms with Gasteiger partial charge in [-0.15, -0.1) is 6.58 Å². The molecule has 134 valence electrons. The minimum absolute atomic E-state index is 0.0837. The van der Waals surface area contributed by atoms with Crippen molar-refractivity contribution in [3.63, 3.8) is 0 Å². The van der Waals surface area contributed by atoms with E-state index in [1.807, 2.05) is 51.1 Å². The monoisotopic (exact) mass is 341 g/mol. The number of benzene rings is 1. The van der Waals surface area contributed by atoms with E-state index < -0.39 is 17.2 Å². The fourth-order valence-corrected chi connectivity index (χ4v) is 3.16. The van der Waals surface area contributed by atoms with E-state index >= 15 is 0 Å². The number of hydrogen-bond acceptors (Lipinski definition) is 3. The molecule has 1 aliphatic heterocycles. The first-order valence-electron chi connectivity index (χ1n) is 8.67. The number of likely N-dealkylation sites (tertiary alicyclic amines) is 1. The summed E-state index contributed by atoms with van der Waals surface area (Å²) in [6, 6.07) is 9.65. The normalized spacial score (nSPS) is 20.7. The molecule has 0 aliphatic carbocycles. The van der Waals surface area contributed by atoms with Crippen LogP contribution in [0.15, 0.2) is 49.1 Å². The van der Waals surface area contributed by atoms with Crippen molar-refractivity contribution in [2.45, 2.75) is 51.2 Å². The standard InChI is InChI=1S/C21H27NO3/c1-5-14-21(18(23)13-12-17-10-7-6-8-11-17)15-9-16-22(21)19(24)25-20(2,3)4/h5-8,10-13H,1,9,14-16H2,2-4H3/b13-12+/t21-/m1/s1. The second-order valence-electron chi connectivity index (χ2n) is 7.37. The Kier molecular flexibility index (Phi) is 5.83. The summed E-state index contributed by atoms with van der Waals surface area (Å²) in [7, 11) is 0. The van der Waals surface area contributed by atoms with Crippen LogP contribution in [0.2, 0.25) is 0 Å². The van der Waals surface area contributed by atoms with E-state index in [9.17, 15) is 9.59 Å². The van der Waals surface area contributed by atoms with Gasteiger partial charge in [0, 0.05) is 6.54 Å². The first-order valence-corrected chi connectivity index (χ1v) is 8.67. The predicted octanol–water partition coefficient (Wildman–Crippen LogP) is 4.61. The fourth-order valence-electron chi connectivity index (χ4n) is 3.16. The number of nitrogens with zero attached hydrogens (tertiary/aromatic N) is 1. The maximum absolute atomic E-state index is 13.0. The molecule has 4 nitrogen and oxygen atoms in total. The molecule has 1 fully saturated rings. The van der Waals surface area contributed by atoms with Crippen LogP contribution in [0.25, 0.3) is 6.08 Å². The molecule has 1 amide bonds. The minimum Gasteiger partial charge on any atom is -0.444 e. The average Bonchev–Trinajstić information content (AvgIpc) is 2.97. The zero-order chi connectivity index (χ0) is 18.5. The number of carbonyl (C=O) groups excluding carboxylic acids is 2. The Morgan fingerprint density at radius 3 is 2.56 bits per heavy atom. The Bertz CT molecular complexity index is 657. The number of amides is 1. The van der Waals surface area contributed by atoms with Crippen molar-refractivity contribution in [2.24, 2.45) is 0 Å². The summed E-state index contributed by atoms with van der Waals surface area (Å²) in [5.74, 6) is -0.0837. The molecular formula is C21H27NO3. The van der Waals surface area contributed by atoms with Gasteiger partial charge >= 0.3 is 6.09 Å². The zero-order valence-electron chi connectivity index (χ0n) is 15.3. The number of rotatable bonds is 5. The van der Waals surface area contributed by atoms with E-state index in [-0.39, 0.29) is 5.78 Å². The number of hydrogen-bond donors (Lipinski definition) is 0. The molecule has 0 spiro atoms. The molecule has 0 unspecified atom stereocenters. The smallest absolute Gasteiger partial charge is 0.411 e. The van der Waals surface area contributed by atoms with Gasteiger partial charge in [0.05, 0.1) is 0 Å². The zero-order valence-corrected chi connectivity index (χ0v) is 15.3. The van der Waals surface area contributed by atoms with Crippen LogP contribution in [0.1, 0.15) is 45.6 Å². The molecule has 1 saturated heterocycles. The van der Waals surface area contributed by atoms with Gasteiger partial charge in [0.25, 0.3) is 0 Å². The van der Waals surface area contributed by atoms with Gasteiger partial charge in [-0.25, -0.2) is 4.79 Å². The van der Waals surface area contributed by atoms with Gasteiger partial charge in [-0.3, -0.25) is 9.69 Å². The summed E-state index contributed by atoms with van der Waals surface area (Å²) < 4.78 is 5.51. The summed E-state index contributed by atoms with van der Waals surface area (Å²) >= 11 is 0. The van der Waals surface area contributed by atoms with Crippen molar-refractivity contribution >= 4 is 18.0 Å². The third kappa shape index (κ3) is 4.59. The average molecular weight is 341 g/mol. The highest BCUT2D eigenvalue weighted by atomic mass is 16.6. The van der Waals surface area contributed by atoms with Gasteiger partial charge in [0.15, 0.2) is 5.78 Å². The van der Waals surface area contributed by atoms with Crippen LogP contribution in [-0.4, -0.2) is 34.5 Å². The Morgan fingerprint density at radius 2 is 1.96 bits per heavy atom. The number of ether oxygens (including phenoxy) is 1. The van der Waals surface area contributed by atoms with Crippen LogP contribution in [0.5, 0.6) is 0 Å². The van der Waals surface area contributed by atoms with E-state index in [1.165, 1.54) is 0 Å².